The van der Waals surface area contributed by atoms with Crippen molar-refractivity contribution in [1.82, 2.24) is 9.88 Å². The van der Waals surface area contributed by atoms with Crippen molar-refractivity contribution in [3.05, 3.63) is 28.7 Å². The molecule has 0 spiro atoms. The molecule has 1 unspecified atom stereocenters. The second kappa shape index (κ2) is 5.43. The fourth-order valence-electron chi connectivity index (χ4n) is 1.91. The largest absolute Gasteiger partial charge is 0.367 e. The van der Waals surface area contributed by atoms with E-state index >= 15 is 0 Å². The van der Waals surface area contributed by atoms with Gasteiger partial charge in [-0.15, -0.1) is 11.3 Å². The summed E-state index contributed by atoms with van der Waals surface area (Å²) in [7, 11) is 0. The number of morpholine rings is 1. The molecule has 1 atom stereocenters. The molecule has 2 rings (SSSR count). The molecule has 0 N–H and O–H groups in total. The zero-order valence-electron chi connectivity index (χ0n) is 11.7. The Morgan fingerprint density at radius 2 is 2.37 bits per heavy atom. The first-order valence-electron chi connectivity index (χ1n) is 6.40. The Morgan fingerprint density at radius 3 is 2.95 bits per heavy atom. The lowest BCUT2D eigenvalue weighted by atomic mass is 9.93. The summed E-state index contributed by atoms with van der Waals surface area (Å²) in [4.78, 5) is 18.1. The summed E-state index contributed by atoms with van der Waals surface area (Å²) in [6.45, 7) is 11.7. The minimum absolute atomic E-state index is 0.0408. The van der Waals surface area contributed by atoms with Crippen molar-refractivity contribution in [2.24, 2.45) is 0 Å². The predicted octanol–water partition coefficient (Wildman–Crippen LogP) is 2.53. The van der Waals surface area contributed by atoms with Gasteiger partial charge < -0.3 is 9.64 Å². The first-order chi connectivity index (χ1) is 8.91. The van der Waals surface area contributed by atoms with E-state index in [0.717, 1.165) is 10.7 Å². The number of hydrogen-bond donors (Lipinski definition) is 0. The lowest BCUT2D eigenvalue weighted by Gasteiger charge is -2.31. The van der Waals surface area contributed by atoms with Crippen molar-refractivity contribution < 1.29 is 9.53 Å². The Labute approximate surface area is 118 Å². The highest BCUT2D eigenvalue weighted by atomic mass is 32.1. The van der Waals surface area contributed by atoms with Crippen molar-refractivity contribution >= 4 is 17.2 Å². The van der Waals surface area contributed by atoms with Crippen LogP contribution >= 0.6 is 11.3 Å². The lowest BCUT2D eigenvalue weighted by Crippen LogP contribution is -2.41. The van der Waals surface area contributed by atoms with E-state index in [1.165, 1.54) is 6.08 Å². The second-order valence-corrected chi connectivity index (χ2v) is 6.56. The first-order valence-corrected chi connectivity index (χ1v) is 7.28. The molecule has 104 valence electrons. The van der Waals surface area contributed by atoms with Crippen LogP contribution in [-0.4, -0.2) is 35.5 Å². The SMILES string of the molecule is C=CC(=O)N1CCOC(c2nc(C(C)(C)C)cs2)C1. The van der Waals surface area contributed by atoms with Gasteiger partial charge in [-0.2, -0.15) is 0 Å². The summed E-state index contributed by atoms with van der Waals surface area (Å²) in [6, 6.07) is 0. The maximum atomic E-state index is 11.6. The smallest absolute Gasteiger partial charge is 0.246 e. The number of aromatic nitrogens is 1. The molecule has 1 aliphatic rings. The topological polar surface area (TPSA) is 42.4 Å². The Kier molecular flexibility index (Phi) is 4.06. The molecule has 0 bridgehead atoms. The van der Waals surface area contributed by atoms with Gasteiger partial charge >= 0.3 is 0 Å². The molecule has 1 saturated heterocycles. The molecular formula is C14H20N2O2S. The Balaban J connectivity index is 2.11. The number of hydrogen-bond acceptors (Lipinski definition) is 4. The Hall–Kier alpha value is -1.20. The number of carbonyl (C=O) groups excluding carboxylic acids is 1. The second-order valence-electron chi connectivity index (χ2n) is 5.67. The summed E-state index contributed by atoms with van der Waals surface area (Å²) in [6.07, 6.45) is 1.24. The number of ether oxygens (including phenoxy) is 1. The van der Waals surface area contributed by atoms with Crippen molar-refractivity contribution in [3.8, 4) is 0 Å². The van der Waals surface area contributed by atoms with Crippen molar-refractivity contribution in [3.63, 3.8) is 0 Å². The molecule has 19 heavy (non-hydrogen) atoms. The molecule has 0 radical (unpaired) electrons. The molecule has 0 aromatic carbocycles. The van der Waals surface area contributed by atoms with Crippen LogP contribution < -0.4 is 0 Å². The molecule has 5 heteroatoms. The molecule has 1 amide bonds. The fourth-order valence-corrected chi connectivity index (χ4v) is 2.99. The van der Waals surface area contributed by atoms with E-state index in [9.17, 15) is 4.79 Å². The fraction of sp³-hybridized carbons (Fsp3) is 0.571. The molecule has 1 aromatic rings. The molecule has 2 heterocycles. The van der Waals surface area contributed by atoms with Gasteiger partial charge in [-0.1, -0.05) is 27.4 Å². The average molecular weight is 280 g/mol. The average Bonchev–Trinajstić information content (AvgIpc) is 2.87. The quantitative estimate of drug-likeness (QED) is 0.782. The maximum absolute atomic E-state index is 11.6. The zero-order valence-corrected chi connectivity index (χ0v) is 12.5. The lowest BCUT2D eigenvalue weighted by molar-refractivity contribution is -0.133. The van der Waals surface area contributed by atoms with Gasteiger partial charge in [0, 0.05) is 17.3 Å². The molecule has 4 nitrogen and oxygen atoms in total. The van der Waals surface area contributed by atoms with Crippen LogP contribution in [0.5, 0.6) is 0 Å². The number of carbonyl (C=O) groups is 1. The van der Waals surface area contributed by atoms with Crippen molar-refractivity contribution in [1.29, 1.82) is 0 Å². The minimum atomic E-state index is -0.112. The van der Waals surface area contributed by atoms with E-state index in [-0.39, 0.29) is 17.4 Å². The minimum Gasteiger partial charge on any atom is -0.367 e. The van der Waals surface area contributed by atoms with E-state index in [1.807, 2.05) is 0 Å². The summed E-state index contributed by atoms with van der Waals surface area (Å²) in [5.41, 5.74) is 1.11. The highest BCUT2D eigenvalue weighted by molar-refractivity contribution is 7.09. The number of amides is 1. The van der Waals surface area contributed by atoms with Crippen LogP contribution in [0.3, 0.4) is 0 Å². The highest BCUT2D eigenvalue weighted by Crippen LogP contribution is 2.30. The number of nitrogens with zero attached hydrogens (tertiary/aromatic N) is 2. The Bertz CT molecular complexity index is 476. The van der Waals surface area contributed by atoms with Gasteiger partial charge in [0.1, 0.15) is 11.1 Å². The molecule has 1 aliphatic heterocycles. The van der Waals surface area contributed by atoms with Crippen LogP contribution in [0.2, 0.25) is 0 Å². The van der Waals surface area contributed by atoms with Gasteiger partial charge in [0.15, 0.2) is 0 Å². The van der Waals surface area contributed by atoms with E-state index in [4.69, 9.17) is 4.74 Å². The van der Waals surface area contributed by atoms with Crippen molar-refractivity contribution in [2.45, 2.75) is 32.3 Å². The number of rotatable bonds is 2. The van der Waals surface area contributed by atoms with Gasteiger partial charge in [0.2, 0.25) is 5.91 Å². The standard InChI is InChI=1S/C14H20N2O2S/c1-5-12(17)16-6-7-18-10(8-16)13-15-11(9-19-13)14(2,3)4/h5,9-10H,1,6-8H2,2-4H3. The van der Waals surface area contributed by atoms with Crippen LogP contribution in [0.1, 0.15) is 37.6 Å². The van der Waals surface area contributed by atoms with Gasteiger partial charge in [0.05, 0.1) is 18.8 Å². The van der Waals surface area contributed by atoms with E-state index in [0.29, 0.717) is 19.7 Å². The van der Waals surface area contributed by atoms with Crippen LogP contribution in [0.25, 0.3) is 0 Å². The summed E-state index contributed by atoms with van der Waals surface area (Å²) < 4.78 is 5.73. The third kappa shape index (κ3) is 3.22. The summed E-state index contributed by atoms with van der Waals surface area (Å²) in [5, 5.41) is 3.03. The van der Waals surface area contributed by atoms with Crippen molar-refractivity contribution in [2.75, 3.05) is 19.7 Å². The monoisotopic (exact) mass is 280 g/mol. The van der Waals surface area contributed by atoms with Crippen LogP contribution in [0.4, 0.5) is 0 Å². The van der Waals surface area contributed by atoms with E-state index in [2.05, 4.69) is 37.7 Å². The molecule has 0 saturated carbocycles. The van der Waals surface area contributed by atoms with Gasteiger partial charge in [-0.05, 0) is 6.08 Å². The first kappa shape index (κ1) is 14.2. The molecular weight excluding hydrogens is 260 g/mol. The molecule has 0 aliphatic carbocycles. The van der Waals surface area contributed by atoms with E-state index < -0.39 is 0 Å². The molecule has 1 fully saturated rings. The normalized spacial score (nSPS) is 20.4. The van der Waals surface area contributed by atoms with Gasteiger partial charge in [-0.3, -0.25) is 4.79 Å². The van der Waals surface area contributed by atoms with Crippen LogP contribution in [-0.2, 0) is 14.9 Å². The maximum Gasteiger partial charge on any atom is 0.246 e. The van der Waals surface area contributed by atoms with Gasteiger partial charge in [0.25, 0.3) is 0 Å². The number of thiazole rings is 1. The van der Waals surface area contributed by atoms with E-state index in [1.54, 1.807) is 16.2 Å². The highest BCUT2D eigenvalue weighted by Gasteiger charge is 2.27. The van der Waals surface area contributed by atoms with Crippen LogP contribution in [0, 0.1) is 0 Å². The molecule has 1 aromatic heterocycles. The predicted molar refractivity (Wildman–Crippen MR) is 76.3 cm³/mol. The van der Waals surface area contributed by atoms with Gasteiger partial charge in [-0.25, -0.2) is 4.98 Å². The summed E-state index contributed by atoms with van der Waals surface area (Å²) in [5.74, 6) is -0.0408. The third-order valence-corrected chi connectivity index (χ3v) is 4.06. The third-order valence-electron chi connectivity index (χ3n) is 3.12. The summed E-state index contributed by atoms with van der Waals surface area (Å²) >= 11 is 1.60. The zero-order chi connectivity index (χ0) is 14.0. The Morgan fingerprint density at radius 1 is 1.63 bits per heavy atom. The van der Waals surface area contributed by atoms with Crippen LogP contribution in [0.15, 0.2) is 18.0 Å².